The summed E-state index contributed by atoms with van der Waals surface area (Å²) in [5.74, 6) is -1.47. The molecule has 1 aromatic heterocycles. The molecule has 2 aromatic carbocycles. The van der Waals surface area contributed by atoms with Crippen LogP contribution in [0.5, 0.6) is 5.75 Å². The Morgan fingerprint density at radius 3 is 2.26 bits per heavy atom. The van der Waals surface area contributed by atoms with Gasteiger partial charge in [0.2, 0.25) is 0 Å². The highest BCUT2D eigenvalue weighted by atomic mass is 35.5. The van der Waals surface area contributed by atoms with Crippen molar-refractivity contribution in [3.8, 4) is 11.8 Å². The van der Waals surface area contributed by atoms with Crippen LogP contribution in [-0.2, 0) is 4.79 Å². The molecule has 0 spiro atoms. The van der Waals surface area contributed by atoms with E-state index in [1.807, 2.05) is 19.9 Å². The maximum Gasteiger partial charge on any atom is 0.319 e. The maximum absolute atomic E-state index is 13.4. The summed E-state index contributed by atoms with van der Waals surface area (Å²) in [6.07, 6.45) is 1.43. The molecule has 0 bridgehead atoms. The van der Waals surface area contributed by atoms with Crippen LogP contribution in [0.4, 0.5) is 0 Å². The van der Waals surface area contributed by atoms with Crippen LogP contribution >= 0.6 is 11.6 Å². The molecule has 0 fully saturated rings. The third-order valence-electron chi connectivity index (χ3n) is 5.47. The van der Waals surface area contributed by atoms with Gasteiger partial charge in [-0.3, -0.25) is 14.4 Å². The van der Waals surface area contributed by atoms with Crippen LogP contribution in [-0.4, -0.2) is 16.3 Å². The number of aromatic nitrogens is 1. The standard InChI is InChI=1S/C27H25ClN2O4/c1-16(2)24(18-9-11-21(28)12-10-18)27(33)34-23-8-6-5-7-22(23)25(31)20-13-19(14-29)26(32)30(15-20)17(3)4/h5-13,15-17,24H,1-4H3/t24-/m0/s1. The van der Waals surface area contributed by atoms with E-state index < -0.39 is 23.2 Å². The predicted octanol–water partition coefficient (Wildman–Crippen LogP) is 5.53. The lowest BCUT2D eigenvalue weighted by molar-refractivity contribution is -0.137. The molecule has 7 heteroatoms. The number of hydrogen-bond donors (Lipinski definition) is 0. The van der Waals surface area contributed by atoms with Gasteiger partial charge in [-0.05, 0) is 55.7 Å². The van der Waals surface area contributed by atoms with Crippen molar-refractivity contribution in [3.63, 3.8) is 0 Å². The summed E-state index contributed by atoms with van der Waals surface area (Å²) in [6.45, 7) is 7.40. The Hall–Kier alpha value is -3.69. The van der Waals surface area contributed by atoms with Crippen molar-refractivity contribution >= 4 is 23.4 Å². The number of benzene rings is 2. The van der Waals surface area contributed by atoms with Gasteiger partial charge in [-0.2, -0.15) is 5.26 Å². The number of halogens is 1. The van der Waals surface area contributed by atoms with Gasteiger partial charge in [0.15, 0.2) is 5.78 Å². The van der Waals surface area contributed by atoms with Crippen LogP contribution in [0.15, 0.2) is 65.6 Å². The van der Waals surface area contributed by atoms with E-state index in [2.05, 4.69) is 0 Å². The Morgan fingerprint density at radius 2 is 1.68 bits per heavy atom. The van der Waals surface area contributed by atoms with E-state index in [9.17, 15) is 19.6 Å². The number of esters is 1. The molecule has 0 N–H and O–H groups in total. The minimum Gasteiger partial charge on any atom is -0.425 e. The fraction of sp³-hybridized carbons (Fsp3) is 0.259. The summed E-state index contributed by atoms with van der Waals surface area (Å²) < 4.78 is 7.07. The fourth-order valence-electron chi connectivity index (χ4n) is 3.72. The summed E-state index contributed by atoms with van der Waals surface area (Å²) in [7, 11) is 0. The second-order valence-corrected chi connectivity index (χ2v) is 9.02. The van der Waals surface area contributed by atoms with Crippen LogP contribution in [0, 0.1) is 17.2 Å². The van der Waals surface area contributed by atoms with Crippen molar-refractivity contribution in [2.24, 2.45) is 5.92 Å². The van der Waals surface area contributed by atoms with Gasteiger partial charge >= 0.3 is 5.97 Å². The lowest BCUT2D eigenvalue weighted by Crippen LogP contribution is -2.26. The Kier molecular flexibility index (Phi) is 7.70. The van der Waals surface area contributed by atoms with E-state index in [1.165, 1.54) is 16.8 Å². The molecule has 3 rings (SSSR count). The third kappa shape index (κ3) is 5.27. The number of hydrogen-bond acceptors (Lipinski definition) is 5. The topological polar surface area (TPSA) is 89.2 Å². The Bertz CT molecular complexity index is 1320. The Morgan fingerprint density at radius 1 is 1.03 bits per heavy atom. The van der Waals surface area contributed by atoms with Gasteiger partial charge < -0.3 is 9.30 Å². The van der Waals surface area contributed by atoms with Crippen molar-refractivity contribution in [1.29, 1.82) is 5.26 Å². The van der Waals surface area contributed by atoms with Crippen LogP contribution < -0.4 is 10.3 Å². The second-order valence-electron chi connectivity index (χ2n) is 8.58. The summed E-state index contributed by atoms with van der Waals surface area (Å²) in [5, 5.41) is 9.93. The number of carbonyl (C=O) groups excluding carboxylic acids is 2. The second kappa shape index (κ2) is 10.5. The molecule has 34 heavy (non-hydrogen) atoms. The lowest BCUT2D eigenvalue weighted by Gasteiger charge is -2.20. The molecule has 6 nitrogen and oxygen atoms in total. The molecule has 1 heterocycles. The van der Waals surface area contributed by atoms with Gasteiger partial charge in [0.05, 0.1) is 11.5 Å². The minimum atomic E-state index is -0.562. The van der Waals surface area contributed by atoms with Crippen molar-refractivity contribution in [3.05, 3.63) is 98.4 Å². The van der Waals surface area contributed by atoms with Crippen LogP contribution in [0.25, 0.3) is 0 Å². The molecular weight excluding hydrogens is 452 g/mol. The van der Waals surface area contributed by atoms with Crippen molar-refractivity contribution in [2.75, 3.05) is 0 Å². The molecule has 0 radical (unpaired) electrons. The van der Waals surface area contributed by atoms with Crippen LogP contribution in [0.2, 0.25) is 5.02 Å². The zero-order chi connectivity index (χ0) is 25.0. The molecule has 0 amide bonds. The summed E-state index contributed by atoms with van der Waals surface area (Å²) in [5.41, 5.74) is 0.489. The van der Waals surface area contributed by atoms with Gasteiger partial charge in [0.1, 0.15) is 17.4 Å². The Balaban J connectivity index is 1.99. The average Bonchev–Trinajstić information content (AvgIpc) is 2.80. The number of nitriles is 1. The van der Waals surface area contributed by atoms with E-state index in [0.717, 1.165) is 5.56 Å². The molecule has 1 atom stereocenters. The molecule has 0 aliphatic rings. The zero-order valence-corrected chi connectivity index (χ0v) is 20.2. The highest BCUT2D eigenvalue weighted by molar-refractivity contribution is 6.30. The number of carbonyl (C=O) groups is 2. The number of ketones is 1. The smallest absolute Gasteiger partial charge is 0.319 e. The van der Waals surface area contributed by atoms with Crippen molar-refractivity contribution in [1.82, 2.24) is 4.57 Å². The molecule has 0 unspecified atom stereocenters. The van der Waals surface area contributed by atoms with Gasteiger partial charge in [-0.25, -0.2) is 0 Å². The Labute approximate surface area is 203 Å². The van der Waals surface area contributed by atoms with E-state index in [-0.39, 0.29) is 34.4 Å². The SMILES string of the molecule is CC(C)[C@H](C(=O)Oc1ccccc1C(=O)c1cc(C#N)c(=O)n(C(C)C)c1)c1ccc(Cl)cc1. The summed E-state index contributed by atoms with van der Waals surface area (Å²) in [6, 6.07) is 16.3. The number of nitrogens with zero attached hydrogens (tertiary/aromatic N) is 2. The number of para-hydroxylation sites is 1. The van der Waals surface area contributed by atoms with Gasteiger partial charge in [-0.15, -0.1) is 0 Å². The van der Waals surface area contributed by atoms with Crippen LogP contribution in [0.3, 0.4) is 0 Å². The van der Waals surface area contributed by atoms with E-state index in [1.54, 1.807) is 62.4 Å². The van der Waals surface area contributed by atoms with E-state index >= 15 is 0 Å². The highest BCUT2D eigenvalue weighted by Gasteiger charge is 2.28. The molecule has 174 valence electrons. The molecular formula is C27H25ClN2O4. The number of ether oxygens (including phenoxy) is 1. The summed E-state index contributed by atoms with van der Waals surface area (Å²) >= 11 is 5.99. The molecule has 3 aromatic rings. The van der Waals surface area contributed by atoms with Crippen LogP contribution in [0.1, 0.15) is 66.7 Å². The molecule has 0 saturated heterocycles. The molecule has 0 aliphatic heterocycles. The quantitative estimate of drug-likeness (QED) is 0.254. The average molecular weight is 477 g/mol. The third-order valence-corrected chi connectivity index (χ3v) is 5.73. The highest BCUT2D eigenvalue weighted by Crippen LogP contribution is 2.30. The predicted molar refractivity (Wildman–Crippen MR) is 130 cm³/mol. The van der Waals surface area contributed by atoms with Gasteiger partial charge in [-0.1, -0.05) is 49.7 Å². The monoisotopic (exact) mass is 476 g/mol. The first-order valence-electron chi connectivity index (χ1n) is 10.9. The van der Waals surface area contributed by atoms with Gasteiger partial charge in [0, 0.05) is 22.8 Å². The molecule has 0 aliphatic carbocycles. The number of rotatable bonds is 7. The normalized spacial score (nSPS) is 11.8. The minimum absolute atomic E-state index is 0.0654. The largest absolute Gasteiger partial charge is 0.425 e. The molecule has 0 saturated carbocycles. The maximum atomic E-state index is 13.4. The van der Waals surface area contributed by atoms with Gasteiger partial charge in [0.25, 0.3) is 5.56 Å². The van der Waals surface area contributed by atoms with E-state index in [0.29, 0.717) is 5.02 Å². The lowest BCUT2D eigenvalue weighted by atomic mass is 9.88. The first-order valence-corrected chi connectivity index (χ1v) is 11.3. The zero-order valence-electron chi connectivity index (χ0n) is 19.4. The first-order chi connectivity index (χ1) is 16.1. The summed E-state index contributed by atoms with van der Waals surface area (Å²) in [4.78, 5) is 39.0. The number of pyridine rings is 1. The van der Waals surface area contributed by atoms with E-state index in [4.69, 9.17) is 16.3 Å². The first kappa shape index (κ1) is 24.9. The van der Waals surface area contributed by atoms with Crippen molar-refractivity contribution < 1.29 is 14.3 Å². The van der Waals surface area contributed by atoms with Crippen molar-refractivity contribution in [2.45, 2.75) is 39.7 Å². The fourth-order valence-corrected chi connectivity index (χ4v) is 3.85.